The highest BCUT2D eigenvalue weighted by molar-refractivity contribution is 5.47. The Hall–Kier alpha value is -1.02. The van der Waals surface area contributed by atoms with Gasteiger partial charge < -0.3 is 11.1 Å². The number of rotatable bonds is 2. The zero-order valence-corrected chi connectivity index (χ0v) is 9.59. The molecule has 0 heterocycles. The number of hydrogen-bond acceptors (Lipinski definition) is 2. The van der Waals surface area contributed by atoms with Crippen molar-refractivity contribution in [2.45, 2.75) is 45.2 Å². The Kier molecular flexibility index (Phi) is 2.96. The maximum absolute atomic E-state index is 6.08. The highest BCUT2D eigenvalue weighted by Crippen LogP contribution is 2.30. The summed E-state index contributed by atoms with van der Waals surface area (Å²) in [4.78, 5) is 0. The first-order valence-corrected chi connectivity index (χ1v) is 5.80. The van der Waals surface area contributed by atoms with E-state index in [1.54, 1.807) is 0 Å². The number of nitrogens with two attached hydrogens (primary N) is 1. The van der Waals surface area contributed by atoms with Gasteiger partial charge in [-0.25, -0.2) is 0 Å². The van der Waals surface area contributed by atoms with E-state index in [1.807, 2.05) is 0 Å². The Bertz CT molecular complexity index is 334. The van der Waals surface area contributed by atoms with Crippen molar-refractivity contribution in [1.29, 1.82) is 0 Å². The fourth-order valence-corrected chi connectivity index (χ4v) is 2.43. The molecule has 2 nitrogen and oxygen atoms in total. The van der Waals surface area contributed by atoms with Gasteiger partial charge in [-0.15, -0.1) is 0 Å². The molecule has 3 N–H and O–H groups in total. The molecule has 0 bridgehead atoms. The Morgan fingerprint density at radius 3 is 3.00 bits per heavy atom. The maximum Gasteiger partial charge on any atom is 0.0380 e. The van der Waals surface area contributed by atoms with Crippen LogP contribution >= 0.6 is 0 Å². The molecule has 0 spiro atoms. The Morgan fingerprint density at radius 1 is 1.47 bits per heavy atom. The SMILES string of the molecule is CC(C)NC1CC=CC2=C1C(N)=CCC2. The van der Waals surface area contributed by atoms with Crippen LogP contribution in [-0.4, -0.2) is 12.1 Å². The third-order valence-electron chi connectivity index (χ3n) is 3.01. The fraction of sp³-hybridized carbons (Fsp3) is 0.538. The molecular formula is C13H20N2. The number of nitrogens with one attached hydrogen (secondary N) is 1. The van der Waals surface area contributed by atoms with E-state index < -0.39 is 0 Å². The lowest BCUT2D eigenvalue weighted by Gasteiger charge is -2.30. The Morgan fingerprint density at radius 2 is 2.27 bits per heavy atom. The van der Waals surface area contributed by atoms with Gasteiger partial charge in [-0.1, -0.05) is 32.1 Å². The molecule has 2 aliphatic rings. The Balaban J connectivity index is 2.25. The van der Waals surface area contributed by atoms with E-state index in [2.05, 4.69) is 37.4 Å². The molecule has 2 heteroatoms. The van der Waals surface area contributed by atoms with E-state index in [1.165, 1.54) is 11.1 Å². The van der Waals surface area contributed by atoms with Gasteiger partial charge in [-0.3, -0.25) is 0 Å². The van der Waals surface area contributed by atoms with Gasteiger partial charge in [0, 0.05) is 17.8 Å². The summed E-state index contributed by atoms with van der Waals surface area (Å²) in [5, 5.41) is 3.58. The van der Waals surface area contributed by atoms with E-state index in [0.717, 1.165) is 25.0 Å². The lowest BCUT2D eigenvalue weighted by Crippen LogP contribution is -2.39. The van der Waals surface area contributed by atoms with Crippen molar-refractivity contribution in [2.24, 2.45) is 5.73 Å². The molecule has 0 aromatic rings. The van der Waals surface area contributed by atoms with Crippen molar-refractivity contribution >= 4 is 0 Å². The normalized spacial score (nSPS) is 25.5. The van der Waals surface area contributed by atoms with Crippen LogP contribution in [0.15, 0.2) is 35.1 Å². The fourth-order valence-electron chi connectivity index (χ4n) is 2.43. The molecule has 2 rings (SSSR count). The minimum atomic E-state index is 0.418. The molecule has 1 atom stereocenters. The van der Waals surface area contributed by atoms with Crippen molar-refractivity contribution in [3.05, 3.63) is 35.1 Å². The van der Waals surface area contributed by atoms with E-state index in [0.29, 0.717) is 12.1 Å². The third-order valence-corrected chi connectivity index (χ3v) is 3.01. The van der Waals surface area contributed by atoms with Crippen LogP contribution in [0.25, 0.3) is 0 Å². The summed E-state index contributed by atoms with van der Waals surface area (Å²) >= 11 is 0. The van der Waals surface area contributed by atoms with Crippen LogP contribution in [0.2, 0.25) is 0 Å². The molecule has 2 aliphatic carbocycles. The van der Waals surface area contributed by atoms with Crippen molar-refractivity contribution in [3.8, 4) is 0 Å². The third kappa shape index (κ3) is 2.15. The highest BCUT2D eigenvalue weighted by Gasteiger charge is 2.23. The zero-order chi connectivity index (χ0) is 10.8. The summed E-state index contributed by atoms with van der Waals surface area (Å²) in [5.41, 5.74) is 9.84. The van der Waals surface area contributed by atoms with E-state index >= 15 is 0 Å². The second kappa shape index (κ2) is 4.23. The smallest absolute Gasteiger partial charge is 0.0380 e. The molecule has 0 amide bonds. The second-order valence-corrected chi connectivity index (χ2v) is 4.65. The molecule has 82 valence electrons. The van der Waals surface area contributed by atoms with E-state index in [9.17, 15) is 0 Å². The minimum Gasteiger partial charge on any atom is -0.399 e. The van der Waals surface area contributed by atoms with Gasteiger partial charge in [0.05, 0.1) is 0 Å². The first-order valence-electron chi connectivity index (χ1n) is 5.80. The summed E-state index contributed by atoms with van der Waals surface area (Å²) in [6.45, 7) is 4.36. The van der Waals surface area contributed by atoms with Crippen LogP contribution in [0.3, 0.4) is 0 Å². The molecule has 0 saturated carbocycles. The minimum absolute atomic E-state index is 0.418. The average Bonchev–Trinajstić information content (AvgIpc) is 2.17. The first kappa shape index (κ1) is 10.5. The second-order valence-electron chi connectivity index (χ2n) is 4.65. The van der Waals surface area contributed by atoms with Gasteiger partial charge in [0.2, 0.25) is 0 Å². The summed E-state index contributed by atoms with van der Waals surface area (Å²) < 4.78 is 0. The quantitative estimate of drug-likeness (QED) is 0.724. The highest BCUT2D eigenvalue weighted by atomic mass is 14.9. The van der Waals surface area contributed by atoms with E-state index in [4.69, 9.17) is 5.73 Å². The van der Waals surface area contributed by atoms with E-state index in [-0.39, 0.29) is 0 Å². The van der Waals surface area contributed by atoms with Crippen molar-refractivity contribution in [1.82, 2.24) is 5.32 Å². The van der Waals surface area contributed by atoms with Gasteiger partial charge in [0.25, 0.3) is 0 Å². The first-order chi connectivity index (χ1) is 7.18. The molecule has 0 saturated heterocycles. The zero-order valence-electron chi connectivity index (χ0n) is 9.59. The van der Waals surface area contributed by atoms with Gasteiger partial charge in [-0.05, 0) is 30.4 Å². The summed E-state index contributed by atoms with van der Waals surface area (Å²) in [6.07, 6.45) is 9.95. The van der Waals surface area contributed by atoms with Crippen molar-refractivity contribution in [3.63, 3.8) is 0 Å². The summed E-state index contributed by atoms with van der Waals surface area (Å²) in [7, 11) is 0. The predicted molar refractivity (Wildman–Crippen MR) is 64.3 cm³/mol. The standard InChI is InChI=1S/C13H20N2/c1-9(2)15-12-8-4-6-10-5-3-7-11(14)13(10)12/h4,6-7,9,12,15H,3,5,8,14H2,1-2H3. The number of allylic oxidation sites excluding steroid dienone is 3. The lowest BCUT2D eigenvalue weighted by atomic mass is 9.84. The molecule has 1 unspecified atom stereocenters. The number of hydrogen-bond donors (Lipinski definition) is 2. The molecule has 0 aromatic heterocycles. The average molecular weight is 204 g/mol. The van der Waals surface area contributed by atoms with Gasteiger partial charge in [-0.2, -0.15) is 0 Å². The largest absolute Gasteiger partial charge is 0.399 e. The molecule has 0 aromatic carbocycles. The summed E-state index contributed by atoms with van der Waals surface area (Å²) in [6, 6.07) is 0.923. The topological polar surface area (TPSA) is 38.0 Å². The van der Waals surface area contributed by atoms with Crippen LogP contribution < -0.4 is 11.1 Å². The predicted octanol–water partition coefficient (Wildman–Crippen LogP) is 2.25. The lowest BCUT2D eigenvalue weighted by molar-refractivity contribution is 0.503. The molecule has 0 fully saturated rings. The van der Waals surface area contributed by atoms with Crippen LogP contribution in [0.5, 0.6) is 0 Å². The Labute approximate surface area is 91.9 Å². The molecule has 0 radical (unpaired) electrons. The molecule has 15 heavy (non-hydrogen) atoms. The maximum atomic E-state index is 6.08. The van der Waals surface area contributed by atoms with Gasteiger partial charge in [0.1, 0.15) is 0 Å². The monoisotopic (exact) mass is 204 g/mol. The van der Waals surface area contributed by atoms with Crippen molar-refractivity contribution in [2.75, 3.05) is 0 Å². The van der Waals surface area contributed by atoms with Gasteiger partial charge in [0.15, 0.2) is 0 Å². The van der Waals surface area contributed by atoms with Crippen molar-refractivity contribution < 1.29 is 0 Å². The van der Waals surface area contributed by atoms with Gasteiger partial charge >= 0.3 is 0 Å². The van der Waals surface area contributed by atoms with Crippen LogP contribution in [0.4, 0.5) is 0 Å². The van der Waals surface area contributed by atoms with Crippen LogP contribution in [-0.2, 0) is 0 Å². The van der Waals surface area contributed by atoms with Crippen LogP contribution in [0, 0.1) is 0 Å². The molecular weight excluding hydrogens is 184 g/mol. The molecule has 0 aliphatic heterocycles. The van der Waals surface area contributed by atoms with Crippen LogP contribution in [0.1, 0.15) is 33.1 Å². The summed E-state index contributed by atoms with van der Waals surface area (Å²) in [5.74, 6) is 0.